The van der Waals surface area contributed by atoms with Gasteiger partial charge in [-0.05, 0) is 61.4 Å². The van der Waals surface area contributed by atoms with Crippen molar-refractivity contribution < 1.29 is 14.9 Å². The summed E-state index contributed by atoms with van der Waals surface area (Å²) in [5, 5.41) is 20.7. The minimum Gasteiger partial charge on any atom is -0.494 e. The van der Waals surface area contributed by atoms with Crippen molar-refractivity contribution in [3.8, 4) is 5.75 Å². The molecule has 2 aromatic carbocycles. The van der Waals surface area contributed by atoms with Crippen molar-refractivity contribution in [2.45, 2.75) is 45.1 Å². The Balaban J connectivity index is 1.29. The van der Waals surface area contributed by atoms with Gasteiger partial charge in [-0.15, -0.1) is 0 Å². The second kappa shape index (κ2) is 8.61. The molecular formula is C25H31N3O3. The zero-order chi connectivity index (χ0) is 21.4. The first-order valence-electron chi connectivity index (χ1n) is 11.3. The third-order valence-corrected chi connectivity index (χ3v) is 7.02. The normalized spacial score (nSPS) is 26.3. The molecule has 1 saturated heterocycles. The van der Waals surface area contributed by atoms with E-state index < -0.39 is 0 Å². The van der Waals surface area contributed by atoms with E-state index in [4.69, 9.17) is 4.74 Å². The highest BCUT2D eigenvalue weighted by molar-refractivity contribution is 5.75. The molecule has 0 radical (unpaired) electrons. The van der Waals surface area contributed by atoms with Crippen LogP contribution in [0.2, 0.25) is 0 Å². The average molecular weight is 422 g/mol. The van der Waals surface area contributed by atoms with Crippen molar-refractivity contribution in [2.24, 2.45) is 11.8 Å². The molecule has 1 aliphatic heterocycles. The number of aromatic nitrogens is 2. The van der Waals surface area contributed by atoms with Crippen LogP contribution in [0.25, 0.3) is 11.0 Å². The molecule has 6 heteroatoms. The molecule has 31 heavy (non-hydrogen) atoms. The fraction of sp³-hybridized carbons (Fsp3) is 0.480. The standard InChI is InChI=1S/C25H31N3O3/c1-2-31-25-8-7-17(9-20(25)15-29)12-27-13-18-10-23(24(30)11-19(18)14-27)28-16-26-21-5-3-4-6-22(21)28/h3-9,16,18-19,23-24,29-30H,2,10-15H2,1H3/t18-,19+,23-,24-/m1/s1. The summed E-state index contributed by atoms with van der Waals surface area (Å²) in [5.41, 5.74) is 4.13. The Morgan fingerprint density at radius 1 is 1.10 bits per heavy atom. The molecule has 0 spiro atoms. The second-order valence-corrected chi connectivity index (χ2v) is 8.99. The number of aliphatic hydroxyl groups excluding tert-OH is 2. The van der Waals surface area contributed by atoms with Crippen LogP contribution in [0.5, 0.6) is 5.75 Å². The van der Waals surface area contributed by atoms with Gasteiger partial charge >= 0.3 is 0 Å². The van der Waals surface area contributed by atoms with E-state index in [1.807, 2.05) is 37.5 Å². The maximum Gasteiger partial charge on any atom is 0.124 e. The first-order valence-corrected chi connectivity index (χ1v) is 11.3. The summed E-state index contributed by atoms with van der Waals surface area (Å²) in [6, 6.07) is 14.4. The lowest BCUT2D eigenvalue weighted by Gasteiger charge is -2.36. The van der Waals surface area contributed by atoms with Crippen LogP contribution in [0.4, 0.5) is 0 Å². The summed E-state index contributed by atoms with van der Waals surface area (Å²) in [7, 11) is 0. The number of nitrogens with zero attached hydrogens (tertiary/aromatic N) is 3. The van der Waals surface area contributed by atoms with Crippen molar-refractivity contribution in [1.29, 1.82) is 0 Å². The van der Waals surface area contributed by atoms with Crippen molar-refractivity contribution in [3.05, 3.63) is 59.9 Å². The quantitative estimate of drug-likeness (QED) is 0.639. The summed E-state index contributed by atoms with van der Waals surface area (Å²) >= 11 is 0. The Morgan fingerprint density at radius 3 is 2.71 bits per heavy atom. The van der Waals surface area contributed by atoms with E-state index in [2.05, 4.69) is 32.7 Å². The lowest BCUT2D eigenvalue weighted by atomic mass is 9.77. The monoisotopic (exact) mass is 421 g/mol. The molecule has 4 atom stereocenters. The minimum absolute atomic E-state index is 0.0127. The van der Waals surface area contributed by atoms with Crippen molar-refractivity contribution in [2.75, 3.05) is 19.7 Å². The zero-order valence-corrected chi connectivity index (χ0v) is 18.0. The van der Waals surface area contributed by atoms with Crippen molar-refractivity contribution >= 4 is 11.0 Å². The van der Waals surface area contributed by atoms with Gasteiger partial charge in [0.1, 0.15) is 5.75 Å². The number of hydrogen-bond acceptors (Lipinski definition) is 5. The molecule has 5 rings (SSSR count). The molecule has 0 unspecified atom stereocenters. The van der Waals surface area contributed by atoms with E-state index in [0.717, 1.165) is 54.8 Å². The summed E-state index contributed by atoms with van der Waals surface area (Å²) in [4.78, 5) is 7.03. The summed E-state index contributed by atoms with van der Waals surface area (Å²) in [6.07, 6.45) is 3.37. The van der Waals surface area contributed by atoms with E-state index in [9.17, 15) is 10.2 Å². The minimum atomic E-state index is -0.342. The van der Waals surface area contributed by atoms with Crippen LogP contribution in [-0.4, -0.2) is 50.5 Å². The Kier molecular flexibility index (Phi) is 5.69. The van der Waals surface area contributed by atoms with Crippen LogP contribution < -0.4 is 4.74 Å². The number of benzene rings is 2. The molecule has 6 nitrogen and oxygen atoms in total. The number of fused-ring (bicyclic) bond motifs is 2. The Hall–Kier alpha value is -2.41. The fourth-order valence-electron chi connectivity index (χ4n) is 5.58. The predicted octanol–water partition coefficient (Wildman–Crippen LogP) is 3.37. The van der Waals surface area contributed by atoms with Crippen LogP contribution in [0.1, 0.15) is 36.9 Å². The third-order valence-electron chi connectivity index (χ3n) is 7.02. The smallest absolute Gasteiger partial charge is 0.124 e. The highest BCUT2D eigenvalue weighted by Crippen LogP contribution is 2.42. The van der Waals surface area contributed by atoms with E-state index >= 15 is 0 Å². The van der Waals surface area contributed by atoms with E-state index in [-0.39, 0.29) is 18.8 Å². The molecule has 0 bridgehead atoms. The number of hydrogen-bond donors (Lipinski definition) is 2. The predicted molar refractivity (Wildman–Crippen MR) is 120 cm³/mol. The van der Waals surface area contributed by atoms with Gasteiger partial charge in [0.25, 0.3) is 0 Å². The van der Waals surface area contributed by atoms with Gasteiger partial charge in [0, 0.05) is 25.2 Å². The molecule has 0 amide bonds. The molecule has 1 aliphatic carbocycles. The molecule has 1 aromatic heterocycles. The number of aliphatic hydroxyl groups is 2. The maximum absolute atomic E-state index is 11.0. The average Bonchev–Trinajstić information content (AvgIpc) is 3.37. The number of imidazole rings is 1. The molecule has 2 N–H and O–H groups in total. The van der Waals surface area contributed by atoms with Gasteiger partial charge < -0.3 is 19.5 Å². The van der Waals surface area contributed by atoms with Gasteiger partial charge in [0.15, 0.2) is 0 Å². The number of para-hydroxylation sites is 2. The third kappa shape index (κ3) is 3.95. The number of ether oxygens (including phenoxy) is 1. The number of likely N-dealkylation sites (tertiary alicyclic amines) is 1. The molecule has 2 fully saturated rings. The molecule has 164 valence electrons. The van der Waals surface area contributed by atoms with Gasteiger partial charge in [-0.1, -0.05) is 18.2 Å². The van der Waals surface area contributed by atoms with Crippen LogP contribution >= 0.6 is 0 Å². The van der Waals surface area contributed by atoms with Crippen molar-refractivity contribution in [3.63, 3.8) is 0 Å². The summed E-state index contributed by atoms with van der Waals surface area (Å²) in [5.74, 6) is 1.87. The van der Waals surface area contributed by atoms with E-state index in [1.54, 1.807) is 0 Å². The van der Waals surface area contributed by atoms with Crippen LogP contribution in [0.15, 0.2) is 48.8 Å². The van der Waals surface area contributed by atoms with Gasteiger partial charge in [0.05, 0.1) is 42.7 Å². The zero-order valence-electron chi connectivity index (χ0n) is 18.0. The fourth-order valence-corrected chi connectivity index (χ4v) is 5.58. The highest BCUT2D eigenvalue weighted by atomic mass is 16.5. The lowest BCUT2D eigenvalue weighted by Crippen LogP contribution is -2.36. The van der Waals surface area contributed by atoms with Crippen LogP contribution in [0.3, 0.4) is 0 Å². The van der Waals surface area contributed by atoms with Crippen LogP contribution in [0, 0.1) is 11.8 Å². The molecule has 2 heterocycles. The summed E-state index contributed by atoms with van der Waals surface area (Å²) in [6.45, 7) is 5.46. The van der Waals surface area contributed by atoms with Gasteiger partial charge in [-0.3, -0.25) is 4.90 Å². The molecule has 3 aromatic rings. The maximum atomic E-state index is 11.0. The Bertz CT molecular complexity index is 1050. The summed E-state index contributed by atoms with van der Waals surface area (Å²) < 4.78 is 7.79. The van der Waals surface area contributed by atoms with Gasteiger partial charge in [0.2, 0.25) is 0 Å². The van der Waals surface area contributed by atoms with E-state index in [0.29, 0.717) is 18.4 Å². The molecule has 2 aliphatic rings. The van der Waals surface area contributed by atoms with E-state index in [1.165, 1.54) is 5.56 Å². The molecular weight excluding hydrogens is 390 g/mol. The van der Waals surface area contributed by atoms with Gasteiger partial charge in [-0.2, -0.15) is 0 Å². The largest absolute Gasteiger partial charge is 0.494 e. The highest BCUT2D eigenvalue weighted by Gasteiger charge is 2.42. The lowest BCUT2D eigenvalue weighted by molar-refractivity contribution is 0.0374. The van der Waals surface area contributed by atoms with Crippen molar-refractivity contribution in [1.82, 2.24) is 14.5 Å². The SMILES string of the molecule is CCOc1ccc(CN2C[C@H]3C[C@@H](n4cnc5ccccc54)[C@H](O)C[C@H]3C2)cc1CO. The first-order chi connectivity index (χ1) is 15.2. The topological polar surface area (TPSA) is 70.8 Å². The first kappa shape index (κ1) is 20.5. The second-order valence-electron chi connectivity index (χ2n) is 8.99. The van der Waals surface area contributed by atoms with Gasteiger partial charge in [-0.25, -0.2) is 4.98 Å². The molecule has 1 saturated carbocycles. The number of rotatable bonds is 6. The Morgan fingerprint density at radius 2 is 1.90 bits per heavy atom. The van der Waals surface area contributed by atoms with Crippen LogP contribution in [-0.2, 0) is 13.2 Å². The Labute approximate surface area is 183 Å².